The zero-order valence-electron chi connectivity index (χ0n) is 12.1. The molecule has 7 nitrogen and oxygen atoms in total. The molecule has 3 aromatic rings. The van der Waals surface area contributed by atoms with Gasteiger partial charge in [-0.15, -0.1) is 10.2 Å². The monoisotopic (exact) mass is 316 g/mol. The highest BCUT2D eigenvalue weighted by molar-refractivity contribution is 7.15. The van der Waals surface area contributed by atoms with Crippen LogP contribution < -0.4 is 11.1 Å². The minimum absolute atomic E-state index is 0.213. The van der Waals surface area contributed by atoms with Crippen molar-refractivity contribution in [2.45, 2.75) is 19.9 Å². The van der Waals surface area contributed by atoms with Gasteiger partial charge in [0.15, 0.2) is 0 Å². The molecule has 2 aromatic heterocycles. The molecule has 0 atom stereocenters. The zero-order valence-corrected chi connectivity index (χ0v) is 12.9. The lowest BCUT2D eigenvalue weighted by molar-refractivity contribution is 0.102. The summed E-state index contributed by atoms with van der Waals surface area (Å²) in [5.74, 6) is -0.213. The van der Waals surface area contributed by atoms with Crippen molar-refractivity contribution in [2.75, 3.05) is 11.9 Å². The Morgan fingerprint density at radius 2 is 2.27 bits per heavy atom. The molecule has 0 radical (unpaired) electrons. The molecule has 3 rings (SSSR count). The van der Waals surface area contributed by atoms with Gasteiger partial charge in [0.2, 0.25) is 5.13 Å². The Morgan fingerprint density at radius 1 is 1.41 bits per heavy atom. The van der Waals surface area contributed by atoms with Crippen LogP contribution in [0.5, 0.6) is 0 Å². The molecular weight excluding hydrogens is 300 g/mol. The summed E-state index contributed by atoms with van der Waals surface area (Å²) in [4.78, 5) is 16.6. The first kappa shape index (κ1) is 14.6. The molecule has 0 aliphatic carbocycles. The SMILES string of the molecule is Cc1nnc(NC(=O)c2ccc3c(c2)ncn3CCCN)s1. The fourth-order valence-electron chi connectivity index (χ4n) is 2.16. The molecule has 8 heteroatoms. The van der Waals surface area contributed by atoms with Crippen LogP contribution in [0.25, 0.3) is 11.0 Å². The molecule has 2 heterocycles. The molecule has 0 saturated heterocycles. The topological polar surface area (TPSA) is 98.7 Å². The highest BCUT2D eigenvalue weighted by Crippen LogP contribution is 2.18. The number of amides is 1. The van der Waals surface area contributed by atoms with Gasteiger partial charge in [-0.2, -0.15) is 0 Å². The van der Waals surface area contributed by atoms with Gasteiger partial charge >= 0.3 is 0 Å². The van der Waals surface area contributed by atoms with Crippen molar-refractivity contribution in [2.24, 2.45) is 5.73 Å². The third kappa shape index (κ3) is 2.97. The first-order chi connectivity index (χ1) is 10.7. The second-order valence-electron chi connectivity index (χ2n) is 4.86. The quantitative estimate of drug-likeness (QED) is 0.748. The fraction of sp³-hybridized carbons (Fsp3) is 0.286. The van der Waals surface area contributed by atoms with Crippen LogP contribution in [0.15, 0.2) is 24.5 Å². The normalized spacial score (nSPS) is 11.0. The van der Waals surface area contributed by atoms with Crippen LogP contribution in [0.2, 0.25) is 0 Å². The van der Waals surface area contributed by atoms with E-state index in [1.54, 1.807) is 18.5 Å². The molecule has 114 valence electrons. The van der Waals surface area contributed by atoms with E-state index >= 15 is 0 Å². The number of imidazole rings is 1. The number of hydrogen-bond donors (Lipinski definition) is 2. The number of nitrogens with zero attached hydrogens (tertiary/aromatic N) is 4. The summed E-state index contributed by atoms with van der Waals surface area (Å²) in [5, 5.41) is 11.8. The minimum atomic E-state index is -0.213. The molecule has 0 saturated carbocycles. The van der Waals surface area contributed by atoms with E-state index in [1.165, 1.54) is 11.3 Å². The van der Waals surface area contributed by atoms with E-state index < -0.39 is 0 Å². The van der Waals surface area contributed by atoms with E-state index in [2.05, 4.69) is 20.5 Å². The summed E-state index contributed by atoms with van der Waals surface area (Å²) in [6.07, 6.45) is 2.67. The highest BCUT2D eigenvalue weighted by Gasteiger charge is 2.11. The summed E-state index contributed by atoms with van der Waals surface area (Å²) in [5.41, 5.74) is 7.86. The van der Waals surface area contributed by atoms with Gasteiger partial charge in [0.1, 0.15) is 5.01 Å². The van der Waals surface area contributed by atoms with Gasteiger partial charge in [-0.3, -0.25) is 10.1 Å². The lowest BCUT2D eigenvalue weighted by Crippen LogP contribution is -2.11. The number of nitrogens with one attached hydrogen (secondary N) is 1. The Labute approximate surface area is 131 Å². The van der Waals surface area contributed by atoms with Crippen molar-refractivity contribution in [1.29, 1.82) is 0 Å². The average molecular weight is 316 g/mol. The maximum absolute atomic E-state index is 12.2. The maximum atomic E-state index is 12.2. The predicted octanol–water partition coefficient (Wildman–Crippen LogP) is 1.80. The maximum Gasteiger partial charge on any atom is 0.257 e. The number of aromatic nitrogens is 4. The number of hydrogen-bond acceptors (Lipinski definition) is 6. The Balaban J connectivity index is 1.81. The molecule has 0 aliphatic rings. The first-order valence-electron chi connectivity index (χ1n) is 6.94. The number of aryl methyl sites for hydroxylation is 2. The van der Waals surface area contributed by atoms with Gasteiger partial charge in [0.25, 0.3) is 5.91 Å². The number of carbonyl (C=O) groups is 1. The van der Waals surface area contributed by atoms with Crippen LogP contribution in [0.1, 0.15) is 21.8 Å². The number of nitrogens with two attached hydrogens (primary N) is 1. The fourth-order valence-corrected chi connectivity index (χ4v) is 2.75. The van der Waals surface area contributed by atoms with Crippen LogP contribution in [0.4, 0.5) is 5.13 Å². The Hall–Kier alpha value is -2.32. The molecule has 0 unspecified atom stereocenters. The number of benzene rings is 1. The number of anilines is 1. The summed E-state index contributed by atoms with van der Waals surface area (Å²) < 4.78 is 2.04. The molecule has 0 spiro atoms. The molecular formula is C14H16N6OS. The van der Waals surface area contributed by atoms with Crippen molar-refractivity contribution in [3.63, 3.8) is 0 Å². The van der Waals surface area contributed by atoms with Gasteiger partial charge in [-0.05, 0) is 38.1 Å². The van der Waals surface area contributed by atoms with E-state index in [4.69, 9.17) is 5.73 Å². The Bertz CT molecular complexity index is 809. The molecule has 22 heavy (non-hydrogen) atoms. The lowest BCUT2D eigenvalue weighted by atomic mass is 10.2. The van der Waals surface area contributed by atoms with Crippen molar-refractivity contribution in [3.05, 3.63) is 35.1 Å². The second-order valence-corrected chi connectivity index (χ2v) is 6.05. The van der Waals surface area contributed by atoms with Crippen LogP contribution >= 0.6 is 11.3 Å². The molecule has 1 aromatic carbocycles. The van der Waals surface area contributed by atoms with Crippen LogP contribution in [-0.2, 0) is 6.54 Å². The summed E-state index contributed by atoms with van der Waals surface area (Å²) in [6, 6.07) is 5.46. The van der Waals surface area contributed by atoms with Crippen LogP contribution in [0, 0.1) is 6.92 Å². The highest BCUT2D eigenvalue weighted by atomic mass is 32.1. The smallest absolute Gasteiger partial charge is 0.257 e. The molecule has 0 bridgehead atoms. The standard InChI is InChI=1S/C14H16N6OS/c1-9-18-19-14(22-9)17-13(21)10-3-4-12-11(7-10)16-8-20(12)6-2-5-15/h3-4,7-8H,2,5-6,15H2,1H3,(H,17,19,21). The zero-order chi connectivity index (χ0) is 15.5. The third-order valence-electron chi connectivity index (χ3n) is 3.23. The third-order valence-corrected chi connectivity index (χ3v) is 3.99. The number of carbonyl (C=O) groups excluding carboxylic acids is 1. The largest absolute Gasteiger partial charge is 0.331 e. The second kappa shape index (κ2) is 6.20. The Kier molecular flexibility index (Phi) is 4.12. The van der Waals surface area contributed by atoms with Crippen LogP contribution in [0.3, 0.4) is 0 Å². The van der Waals surface area contributed by atoms with Crippen molar-refractivity contribution >= 4 is 33.4 Å². The Morgan fingerprint density at radius 3 is 3.00 bits per heavy atom. The van der Waals surface area contributed by atoms with Crippen molar-refractivity contribution in [1.82, 2.24) is 19.7 Å². The molecule has 0 aliphatic heterocycles. The van der Waals surface area contributed by atoms with Gasteiger partial charge < -0.3 is 10.3 Å². The summed E-state index contributed by atoms with van der Waals surface area (Å²) in [6.45, 7) is 3.30. The van der Waals surface area contributed by atoms with Gasteiger partial charge in [0, 0.05) is 12.1 Å². The van der Waals surface area contributed by atoms with Crippen LogP contribution in [-0.4, -0.2) is 32.2 Å². The van der Waals surface area contributed by atoms with Gasteiger partial charge in [0.05, 0.1) is 17.4 Å². The predicted molar refractivity (Wildman–Crippen MR) is 86.0 cm³/mol. The van der Waals surface area contributed by atoms with E-state index in [-0.39, 0.29) is 5.91 Å². The number of rotatable bonds is 5. The van der Waals surface area contributed by atoms with E-state index in [0.29, 0.717) is 17.2 Å². The van der Waals surface area contributed by atoms with Gasteiger partial charge in [-0.1, -0.05) is 11.3 Å². The van der Waals surface area contributed by atoms with Crippen molar-refractivity contribution < 1.29 is 4.79 Å². The number of fused-ring (bicyclic) bond motifs is 1. The van der Waals surface area contributed by atoms with E-state index in [1.807, 2.05) is 17.6 Å². The minimum Gasteiger partial charge on any atom is -0.331 e. The molecule has 3 N–H and O–H groups in total. The average Bonchev–Trinajstić information content (AvgIpc) is 3.10. The first-order valence-corrected chi connectivity index (χ1v) is 7.75. The summed E-state index contributed by atoms with van der Waals surface area (Å²) in [7, 11) is 0. The van der Waals surface area contributed by atoms with Crippen molar-refractivity contribution in [3.8, 4) is 0 Å². The van der Waals surface area contributed by atoms with Gasteiger partial charge in [-0.25, -0.2) is 4.98 Å². The summed E-state index contributed by atoms with van der Waals surface area (Å²) >= 11 is 1.34. The molecule has 1 amide bonds. The van der Waals surface area contributed by atoms with E-state index in [9.17, 15) is 4.79 Å². The lowest BCUT2D eigenvalue weighted by Gasteiger charge is -2.04. The van der Waals surface area contributed by atoms with E-state index in [0.717, 1.165) is 29.0 Å². The molecule has 0 fully saturated rings.